The van der Waals surface area contributed by atoms with Crippen LogP contribution in [0.1, 0.15) is 33.6 Å². The Kier molecular flexibility index (Phi) is 6.22. The van der Waals surface area contributed by atoms with Gasteiger partial charge in [0.05, 0.1) is 6.10 Å². The van der Waals surface area contributed by atoms with Crippen molar-refractivity contribution in [3.05, 3.63) is 0 Å². The molecule has 1 unspecified atom stereocenters. The molecule has 1 rings (SSSR count). The van der Waals surface area contributed by atoms with Crippen molar-refractivity contribution in [1.29, 1.82) is 0 Å². The number of nitrogens with zero attached hydrogens (tertiary/aromatic N) is 1. The van der Waals surface area contributed by atoms with Gasteiger partial charge >= 0.3 is 0 Å². The van der Waals surface area contributed by atoms with Crippen LogP contribution >= 0.6 is 0 Å². The van der Waals surface area contributed by atoms with Crippen molar-refractivity contribution < 1.29 is 4.74 Å². The van der Waals surface area contributed by atoms with Crippen molar-refractivity contribution in [3.8, 4) is 0 Å². The van der Waals surface area contributed by atoms with Crippen LogP contribution in [0.2, 0.25) is 0 Å². The summed E-state index contributed by atoms with van der Waals surface area (Å²) in [7, 11) is 0. The number of hydrogen-bond donors (Lipinski definition) is 1. The first-order valence-corrected chi connectivity index (χ1v) is 6.33. The fourth-order valence-electron chi connectivity index (χ4n) is 2.31. The molecule has 0 saturated carbocycles. The topological polar surface area (TPSA) is 24.5 Å². The Morgan fingerprint density at radius 2 is 2.00 bits per heavy atom. The second-order valence-electron chi connectivity index (χ2n) is 4.40. The number of likely N-dealkylation sites (tertiary alicyclic amines) is 1. The molecule has 0 aromatic carbocycles. The van der Waals surface area contributed by atoms with E-state index >= 15 is 0 Å². The molecular weight excluding hydrogens is 188 g/mol. The van der Waals surface area contributed by atoms with Crippen molar-refractivity contribution in [2.75, 3.05) is 32.8 Å². The van der Waals surface area contributed by atoms with E-state index in [0.717, 1.165) is 25.7 Å². The molecule has 0 aliphatic carbocycles. The highest BCUT2D eigenvalue weighted by Crippen LogP contribution is 2.11. The van der Waals surface area contributed by atoms with Crippen LogP contribution in [-0.4, -0.2) is 49.8 Å². The first kappa shape index (κ1) is 12.9. The molecule has 1 saturated heterocycles. The van der Waals surface area contributed by atoms with E-state index in [-0.39, 0.29) is 0 Å². The largest absolute Gasteiger partial charge is 0.377 e. The molecule has 3 nitrogen and oxygen atoms in total. The zero-order valence-corrected chi connectivity index (χ0v) is 10.5. The number of nitrogens with one attached hydrogen (secondary N) is 1. The average molecular weight is 214 g/mol. The molecule has 1 aliphatic heterocycles. The minimum atomic E-state index is 0.380. The van der Waals surface area contributed by atoms with Crippen molar-refractivity contribution in [1.82, 2.24) is 10.2 Å². The summed E-state index contributed by atoms with van der Waals surface area (Å²) in [6.07, 6.45) is 2.95. The molecule has 0 aromatic heterocycles. The molecular formula is C12H26N2O. The van der Waals surface area contributed by atoms with Crippen LogP contribution in [0.3, 0.4) is 0 Å². The first-order chi connectivity index (χ1) is 7.26. The molecule has 0 radical (unpaired) electrons. The van der Waals surface area contributed by atoms with Gasteiger partial charge in [-0.1, -0.05) is 6.92 Å². The summed E-state index contributed by atoms with van der Waals surface area (Å²) < 4.78 is 5.56. The third-order valence-corrected chi connectivity index (χ3v) is 3.05. The van der Waals surface area contributed by atoms with Gasteiger partial charge in [-0.2, -0.15) is 0 Å². The van der Waals surface area contributed by atoms with E-state index in [1.807, 2.05) is 0 Å². The SMILES string of the molecule is CCNC1CCN(CC(C)OCC)CC1. The monoisotopic (exact) mass is 214 g/mol. The third kappa shape index (κ3) is 4.96. The highest BCUT2D eigenvalue weighted by molar-refractivity contribution is 4.77. The van der Waals surface area contributed by atoms with Gasteiger partial charge in [0, 0.05) is 19.2 Å². The minimum Gasteiger partial charge on any atom is -0.377 e. The van der Waals surface area contributed by atoms with Crippen molar-refractivity contribution in [2.24, 2.45) is 0 Å². The number of ether oxygens (including phenoxy) is 1. The van der Waals surface area contributed by atoms with E-state index in [4.69, 9.17) is 4.74 Å². The summed E-state index contributed by atoms with van der Waals surface area (Å²) >= 11 is 0. The van der Waals surface area contributed by atoms with Gasteiger partial charge in [-0.15, -0.1) is 0 Å². The van der Waals surface area contributed by atoms with Crippen LogP contribution in [0.4, 0.5) is 0 Å². The molecule has 0 aromatic rings. The normalized spacial score (nSPS) is 21.8. The lowest BCUT2D eigenvalue weighted by Crippen LogP contribution is -2.44. The predicted octanol–water partition coefficient (Wildman–Crippen LogP) is 1.49. The Bertz CT molecular complexity index is 156. The summed E-state index contributed by atoms with van der Waals surface area (Å²) in [6.45, 7) is 11.9. The summed E-state index contributed by atoms with van der Waals surface area (Å²) in [5.41, 5.74) is 0. The van der Waals surface area contributed by atoms with Gasteiger partial charge < -0.3 is 15.0 Å². The standard InChI is InChI=1S/C12H26N2O/c1-4-13-12-6-8-14(9-7-12)10-11(3)15-5-2/h11-13H,4-10H2,1-3H3. The molecule has 1 N–H and O–H groups in total. The van der Waals surface area contributed by atoms with Gasteiger partial charge in [-0.3, -0.25) is 0 Å². The fourth-order valence-corrected chi connectivity index (χ4v) is 2.31. The van der Waals surface area contributed by atoms with E-state index in [2.05, 4.69) is 31.0 Å². The van der Waals surface area contributed by atoms with Gasteiger partial charge in [0.2, 0.25) is 0 Å². The maximum Gasteiger partial charge on any atom is 0.0673 e. The second-order valence-corrected chi connectivity index (χ2v) is 4.40. The number of hydrogen-bond acceptors (Lipinski definition) is 3. The number of piperidine rings is 1. The van der Waals surface area contributed by atoms with Crippen LogP contribution in [-0.2, 0) is 4.74 Å². The zero-order chi connectivity index (χ0) is 11.1. The highest BCUT2D eigenvalue weighted by atomic mass is 16.5. The molecule has 0 spiro atoms. The summed E-state index contributed by atoms with van der Waals surface area (Å²) in [5.74, 6) is 0. The molecule has 1 fully saturated rings. The maximum atomic E-state index is 5.56. The summed E-state index contributed by atoms with van der Waals surface area (Å²) in [4.78, 5) is 2.52. The van der Waals surface area contributed by atoms with Gasteiger partial charge in [-0.05, 0) is 46.3 Å². The highest BCUT2D eigenvalue weighted by Gasteiger charge is 2.19. The smallest absolute Gasteiger partial charge is 0.0673 e. The van der Waals surface area contributed by atoms with E-state index < -0.39 is 0 Å². The Hall–Kier alpha value is -0.120. The molecule has 15 heavy (non-hydrogen) atoms. The van der Waals surface area contributed by atoms with Gasteiger partial charge in [0.15, 0.2) is 0 Å². The quantitative estimate of drug-likeness (QED) is 0.725. The zero-order valence-electron chi connectivity index (χ0n) is 10.5. The molecule has 1 aliphatic rings. The minimum absolute atomic E-state index is 0.380. The van der Waals surface area contributed by atoms with Gasteiger partial charge in [-0.25, -0.2) is 0 Å². The molecule has 0 amide bonds. The average Bonchev–Trinajstić information content (AvgIpc) is 2.22. The maximum absolute atomic E-state index is 5.56. The fraction of sp³-hybridized carbons (Fsp3) is 1.00. The first-order valence-electron chi connectivity index (χ1n) is 6.33. The van der Waals surface area contributed by atoms with Crippen LogP contribution in [0.5, 0.6) is 0 Å². The second kappa shape index (κ2) is 7.20. The van der Waals surface area contributed by atoms with E-state index in [1.54, 1.807) is 0 Å². The Labute approximate surface area is 94.2 Å². The van der Waals surface area contributed by atoms with E-state index in [0.29, 0.717) is 6.10 Å². The van der Waals surface area contributed by atoms with Crippen LogP contribution in [0.15, 0.2) is 0 Å². The van der Waals surface area contributed by atoms with Gasteiger partial charge in [0.1, 0.15) is 0 Å². The summed E-state index contributed by atoms with van der Waals surface area (Å²) in [6, 6.07) is 0.744. The summed E-state index contributed by atoms with van der Waals surface area (Å²) in [5, 5.41) is 3.53. The lowest BCUT2D eigenvalue weighted by atomic mass is 10.0. The van der Waals surface area contributed by atoms with Crippen molar-refractivity contribution in [3.63, 3.8) is 0 Å². The lowest BCUT2D eigenvalue weighted by molar-refractivity contribution is 0.0381. The molecule has 1 atom stereocenters. The van der Waals surface area contributed by atoms with Crippen LogP contribution in [0, 0.1) is 0 Å². The van der Waals surface area contributed by atoms with Crippen molar-refractivity contribution >= 4 is 0 Å². The number of rotatable bonds is 6. The molecule has 0 bridgehead atoms. The van der Waals surface area contributed by atoms with Gasteiger partial charge in [0.25, 0.3) is 0 Å². The Morgan fingerprint density at radius 3 is 2.53 bits per heavy atom. The predicted molar refractivity (Wildman–Crippen MR) is 64.2 cm³/mol. The van der Waals surface area contributed by atoms with Crippen LogP contribution < -0.4 is 5.32 Å². The lowest BCUT2D eigenvalue weighted by Gasteiger charge is -2.33. The molecule has 1 heterocycles. The Morgan fingerprint density at radius 1 is 1.33 bits per heavy atom. The van der Waals surface area contributed by atoms with E-state index in [9.17, 15) is 0 Å². The van der Waals surface area contributed by atoms with Crippen LogP contribution in [0.25, 0.3) is 0 Å². The third-order valence-electron chi connectivity index (χ3n) is 3.05. The van der Waals surface area contributed by atoms with E-state index in [1.165, 1.54) is 25.9 Å². The van der Waals surface area contributed by atoms with Crippen molar-refractivity contribution in [2.45, 2.75) is 45.8 Å². The molecule has 3 heteroatoms. The molecule has 90 valence electrons. The Balaban J connectivity index is 2.14.